The van der Waals surface area contributed by atoms with Crippen LogP contribution in [0.3, 0.4) is 0 Å². The molecule has 0 spiro atoms. The van der Waals surface area contributed by atoms with Gasteiger partial charge in [0.2, 0.25) is 0 Å². The van der Waals surface area contributed by atoms with Gasteiger partial charge in [-0.3, -0.25) is 4.57 Å². The van der Waals surface area contributed by atoms with Gasteiger partial charge in [0.05, 0.1) is 6.61 Å². The van der Waals surface area contributed by atoms with Gasteiger partial charge in [-0.05, 0) is 6.08 Å². The molecule has 0 bridgehead atoms. The Kier molecular flexibility index (Phi) is 3.83. The van der Waals surface area contributed by atoms with Gasteiger partial charge < -0.3 is 24.4 Å². The van der Waals surface area contributed by atoms with Gasteiger partial charge in [-0.2, -0.15) is 0 Å². The fraction of sp³-hybridized carbons (Fsp3) is 0.714. The highest BCUT2D eigenvalue weighted by atomic mass is 31.2. The largest absolute Gasteiger partial charge is 0.387 e. The van der Waals surface area contributed by atoms with Crippen LogP contribution in [0.2, 0.25) is 0 Å². The average molecular weight is 224 g/mol. The lowest BCUT2D eigenvalue weighted by atomic mass is 10.1. The third-order valence-electron chi connectivity index (χ3n) is 1.94. The lowest BCUT2D eigenvalue weighted by molar-refractivity contribution is 0.0140. The van der Waals surface area contributed by atoms with E-state index < -0.39 is 25.9 Å². The Bertz CT molecular complexity index is 259. The summed E-state index contributed by atoms with van der Waals surface area (Å²) in [6, 6.07) is 0. The zero-order valence-corrected chi connectivity index (χ0v) is 8.50. The lowest BCUT2D eigenvalue weighted by Gasteiger charge is -2.12. The van der Waals surface area contributed by atoms with E-state index in [4.69, 9.17) is 19.3 Å². The van der Waals surface area contributed by atoms with Crippen molar-refractivity contribution in [1.29, 1.82) is 0 Å². The maximum atomic E-state index is 10.5. The molecule has 1 aliphatic rings. The number of hydrogen-bond donors (Lipinski definition) is 3. The molecule has 1 fully saturated rings. The first-order valence-electron chi connectivity index (χ1n) is 4.01. The first-order chi connectivity index (χ1) is 6.44. The van der Waals surface area contributed by atoms with Crippen molar-refractivity contribution in [3.63, 3.8) is 0 Å². The molecule has 0 aromatic carbocycles. The zero-order valence-electron chi connectivity index (χ0n) is 7.61. The molecule has 1 rings (SSSR count). The molecule has 0 radical (unpaired) electrons. The SMILES string of the molecule is CO[C@@H]1CO[C@H](/C=C/P(=O)(O)O)[C@H]1O. The minimum absolute atomic E-state index is 0.216. The van der Waals surface area contributed by atoms with E-state index in [1.807, 2.05) is 0 Å². The normalized spacial score (nSPS) is 34.1. The fourth-order valence-electron chi connectivity index (χ4n) is 1.19. The minimum atomic E-state index is -4.19. The molecule has 0 aliphatic carbocycles. The van der Waals surface area contributed by atoms with Crippen LogP contribution in [-0.4, -0.2) is 46.9 Å². The Morgan fingerprint density at radius 3 is 2.64 bits per heavy atom. The summed E-state index contributed by atoms with van der Waals surface area (Å²) in [5, 5.41) is 9.49. The van der Waals surface area contributed by atoms with Crippen LogP contribution in [0, 0.1) is 0 Å². The smallest absolute Gasteiger partial charge is 0.348 e. The van der Waals surface area contributed by atoms with E-state index in [1.54, 1.807) is 0 Å². The molecular weight excluding hydrogens is 211 g/mol. The molecule has 1 saturated heterocycles. The summed E-state index contributed by atoms with van der Waals surface area (Å²) in [6.07, 6.45) is -0.887. The molecule has 1 aliphatic heterocycles. The maximum absolute atomic E-state index is 10.5. The molecule has 1 heterocycles. The van der Waals surface area contributed by atoms with Crippen LogP contribution in [0.1, 0.15) is 0 Å². The second kappa shape index (κ2) is 4.53. The summed E-state index contributed by atoms with van der Waals surface area (Å²) < 4.78 is 20.4. The van der Waals surface area contributed by atoms with E-state index in [9.17, 15) is 9.67 Å². The molecule has 3 atom stereocenters. The molecule has 7 heteroatoms. The van der Waals surface area contributed by atoms with Crippen molar-refractivity contribution in [2.75, 3.05) is 13.7 Å². The maximum Gasteiger partial charge on any atom is 0.348 e. The van der Waals surface area contributed by atoms with E-state index in [1.165, 1.54) is 7.11 Å². The molecule has 0 amide bonds. The van der Waals surface area contributed by atoms with Crippen molar-refractivity contribution >= 4 is 7.60 Å². The second-order valence-electron chi connectivity index (χ2n) is 2.99. The van der Waals surface area contributed by atoms with Gasteiger partial charge in [-0.1, -0.05) is 0 Å². The molecule has 3 N–H and O–H groups in total. The van der Waals surface area contributed by atoms with Crippen LogP contribution in [-0.2, 0) is 14.0 Å². The Hall–Kier alpha value is -0.230. The Balaban J connectivity index is 2.56. The highest BCUT2D eigenvalue weighted by Crippen LogP contribution is 2.36. The van der Waals surface area contributed by atoms with Crippen molar-refractivity contribution in [2.24, 2.45) is 0 Å². The zero-order chi connectivity index (χ0) is 10.8. The first-order valence-corrected chi connectivity index (χ1v) is 5.69. The fourth-order valence-corrected chi connectivity index (χ4v) is 1.58. The summed E-state index contributed by atoms with van der Waals surface area (Å²) >= 11 is 0. The van der Waals surface area contributed by atoms with Gasteiger partial charge >= 0.3 is 7.60 Å². The number of methoxy groups -OCH3 is 1. The first kappa shape index (κ1) is 11.8. The van der Waals surface area contributed by atoms with Gasteiger partial charge in [0.25, 0.3) is 0 Å². The summed E-state index contributed by atoms with van der Waals surface area (Å²) in [4.78, 5) is 17.1. The van der Waals surface area contributed by atoms with Crippen LogP contribution < -0.4 is 0 Å². The van der Waals surface area contributed by atoms with Crippen molar-refractivity contribution < 1.29 is 28.9 Å². The average Bonchev–Trinajstić information content (AvgIpc) is 2.42. The predicted molar refractivity (Wildman–Crippen MR) is 47.7 cm³/mol. The Morgan fingerprint density at radius 1 is 1.57 bits per heavy atom. The van der Waals surface area contributed by atoms with Gasteiger partial charge in [-0.15, -0.1) is 0 Å². The number of rotatable bonds is 3. The van der Waals surface area contributed by atoms with Crippen LogP contribution in [0.15, 0.2) is 11.9 Å². The van der Waals surface area contributed by atoms with Crippen LogP contribution in [0.25, 0.3) is 0 Å². The molecule has 6 nitrogen and oxygen atoms in total. The van der Waals surface area contributed by atoms with Crippen molar-refractivity contribution in [1.82, 2.24) is 0 Å². The number of aliphatic hydroxyl groups excluding tert-OH is 1. The van der Waals surface area contributed by atoms with E-state index in [-0.39, 0.29) is 6.61 Å². The van der Waals surface area contributed by atoms with Crippen molar-refractivity contribution in [2.45, 2.75) is 18.3 Å². The number of aliphatic hydroxyl groups is 1. The summed E-state index contributed by atoms with van der Waals surface area (Å²) in [5.74, 6) is 0.721. The Morgan fingerprint density at radius 2 is 2.21 bits per heavy atom. The lowest BCUT2D eigenvalue weighted by Crippen LogP contribution is -2.30. The highest BCUT2D eigenvalue weighted by molar-refractivity contribution is 7.55. The number of hydrogen-bond acceptors (Lipinski definition) is 4. The van der Waals surface area contributed by atoms with Crippen LogP contribution >= 0.6 is 7.60 Å². The van der Waals surface area contributed by atoms with Crippen LogP contribution in [0.5, 0.6) is 0 Å². The summed E-state index contributed by atoms with van der Waals surface area (Å²) in [7, 11) is -2.75. The van der Waals surface area contributed by atoms with Gasteiger partial charge in [0, 0.05) is 12.9 Å². The highest BCUT2D eigenvalue weighted by Gasteiger charge is 2.34. The minimum Gasteiger partial charge on any atom is -0.387 e. The van der Waals surface area contributed by atoms with Crippen molar-refractivity contribution in [3.05, 3.63) is 11.9 Å². The molecular formula is C7H13O6P. The van der Waals surface area contributed by atoms with E-state index in [0.717, 1.165) is 11.9 Å². The van der Waals surface area contributed by atoms with Gasteiger partial charge in [0.15, 0.2) is 0 Å². The number of ether oxygens (including phenoxy) is 2. The predicted octanol–water partition coefficient (Wildman–Crippen LogP) is -0.548. The monoisotopic (exact) mass is 224 g/mol. The van der Waals surface area contributed by atoms with E-state index in [2.05, 4.69) is 0 Å². The third kappa shape index (κ3) is 3.16. The molecule has 0 saturated carbocycles. The summed E-state index contributed by atoms with van der Waals surface area (Å²) in [5.41, 5.74) is 0. The third-order valence-corrected chi connectivity index (χ3v) is 2.50. The molecule has 0 aromatic heterocycles. The molecule has 0 aromatic rings. The molecule has 14 heavy (non-hydrogen) atoms. The van der Waals surface area contributed by atoms with E-state index in [0.29, 0.717) is 0 Å². The van der Waals surface area contributed by atoms with E-state index >= 15 is 0 Å². The van der Waals surface area contributed by atoms with Gasteiger partial charge in [-0.25, -0.2) is 0 Å². The van der Waals surface area contributed by atoms with Crippen LogP contribution in [0.4, 0.5) is 0 Å². The van der Waals surface area contributed by atoms with Gasteiger partial charge in [0.1, 0.15) is 18.3 Å². The standard InChI is InChI=1S/C7H13O6P/c1-12-6-4-13-5(7(6)8)2-3-14(9,10)11/h2-3,5-8H,4H2,1H3,(H2,9,10,11)/b3-2+/t5-,6-,7-/m1/s1. The Labute approximate surface area is 81.3 Å². The van der Waals surface area contributed by atoms with Crippen molar-refractivity contribution in [3.8, 4) is 0 Å². The second-order valence-corrected chi connectivity index (χ2v) is 4.47. The molecule has 82 valence electrons. The topological polar surface area (TPSA) is 96.2 Å². The summed E-state index contributed by atoms with van der Waals surface area (Å²) in [6.45, 7) is 0.216. The molecule has 0 unspecified atom stereocenters. The quantitative estimate of drug-likeness (QED) is 0.557.